The van der Waals surface area contributed by atoms with Crippen molar-refractivity contribution in [3.05, 3.63) is 23.8 Å². The highest BCUT2D eigenvalue weighted by Crippen LogP contribution is 2.20. The number of carboxylic acids is 1. The fourth-order valence-corrected chi connectivity index (χ4v) is 1.75. The summed E-state index contributed by atoms with van der Waals surface area (Å²) in [6.07, 6.45) is 1.88. The van der Waals surface area contributed by atoms with Gasteiger partial charge in [0, 0.05) is 19.8 Å². The lowest BCUT2D eigenvalue weighted by molar-refractivity contribution is 0.0697. The molecule has 0 spiro atoms. The fourth-order valence-electron chi connectivity index (χ4n) is 1.75. The minimum absolute atomic E-state index is 0.188. The van der Waals surface area contributed by atoms with Crippen LogP contribution in [0.2, 0.25) is 0 Å². The van der Waals surface area contributed by atoms with Gasteiger partial charge in [0.05, 0.1) is 5.56 Å². The van der Waals surface area contributed by atoms with E-state index < -0.39 is 5.97 Å². The van der Waals surface area contributed by atoms with Crippen LogP contribution in [0.1, 0.15) is 30.1 Å². The first-order valence-electron chi connectivity index (χ1n) is 6.66. The zero-order chi connectivity index (χ0) is 14.4. The van der Waals surface area contributed by atoms with Crippen LogP contribution >= 0.6 is 0 Å². The molecule has 2 N–H and O–H groups in total. The Hall–Kier alpha value is -2.08. The standard InChI is InChI=1S/C14H18N2O4/c1-2-7-19-8-3-6-15-14-16-11-5-4-10(13(17)18)9-12(11)20-14/h4-5,9H,2-3,6-8H2,1H3,(H,15,16)(H,17,18). The molecule has 0 saturated carbocycles. The minimum Gasteiger partial charge on any atom is -0.478 e. The lowest BCUT2D eigenvalue weighted by atomic mass is 10.2. The van der Waals surface area contributed by atoms with Gasteiger partial charge in [-0.3, -0.25) is 0 Å². The van der Waals surface area contributed by atoms with Gasteiger partial charge in [0.15, 0.2) is 5.58 Å². The molecular formula is C14H18N2O4. The molecule has 2 aromatic rings. The van der Waals surface area contributed by atoms with Crippen LogP contribution in [-0.2, 0) is 4.74 Å². The summed E-state index contributed by atoms with van der Waals surface area (Å²) in [5, 5.41) is 12.0. The summed E-state index contributed by atoms with van der Waals surface area (Å²) in [4.78, 5) is 15.1. The molecule has 6 heteroatoms. The van der Waals surface area contributed by atoms with Crippen molar-refractivity contribution in [2.45, 2.75) is 19.8 Å². The largest absolute Gasteiger partial charge is 0.478 e. The molecule has 2 rings (SSSR count). The Balaban J connectivity index is 1.89. The number of carboxylic acid groups (broad SMARTS) is 1. The van der Waals surface area contributed by atoms with Gasteiger partial charge >= 0.3 is 5.97 Å². The van der Waals surface area contributed by atoms with E-state index in [1.54, 1.807) is 6.07 Å². The van der Waals surface area contributed by atoms with Crippen LogP contribution in [0.5, 0.6) is 0 Å². The van der Waals surface area contributed by atoms with Crippen LogP contribution in [0.4, 0.5) is 6.01 Å². The van der Waals surface area contributed by atoms with E-state index in [4.69, 9.17) is 14.3 Å². The number of nitrogens with one attached hydrogen (secondary N) is 1. The molecule has 0 radical (unpaired) electrons. The highest BCUT2D eigenvalue weighted by Gasteiger charge is 2.09. The molecule has 108 valence electrons. The highest BCUT2D eigenvalue weighted by molar-refractivity contribution is 5.92. The van der Waals surface area contributed by atoms with E-state index in [0.29, 0.717) is 30.3 Å². The predicted octanol–water partition coefficient (Wildman–Crippen LogP) is 2.75. The number of hydrogen-bond donors (Lipinski definition) is 2. The number of anilines is 1. The normalized spacial score (nSPS) is 10.8. The number of aromatic carboxylic acids is 1. The monoisotopic (exact) mass is 278 g/mol. The molecule has 20 heavy (non-hydrogen) atoms. The summed E-state index contributed by atoms with van der Waals surface area (Å²) in [5.41, 5.74) is 1.29. The summed E-state index contributed by atoms with van der Waals surface area (Å²) in [6.45, 7) is 4.25. The summed E-state index contributed by atoms with van der Waals surface area (Å²) >= 11 is 0. The molecule has 0 bridgehead atoms. The molecule has 1 aromatic carbocycles. The third-order valence-corrected chi connectivity index (χ3v) is 2.73. The molecule has 6 nitrogen and oxygen atoms in total. The maximum absolute atomic E-state index is 10.9. The van der Waals surface area contributed by atoms with Gasteiger partial charge in [-0.1, -0.05) is 6.92 Å². The molecule has 0 aliphatic heterocycles. The highest BCUT2D eigenvalue weighted by atomic mass is 16.5. The zero-order valence-electron chi connectivity index (χ0n) is 11.4. The summed E-state index contributed by atoms with van der Waals surface area (Å²) in [7, 11) is 0. The van der Waals surface area contributed by atoms with Crippen molar-refractivity contribution < 1.29 is 19.1 Å². The van der Waals surface area contributed by atoms with Crippen molar-refractivity contribution in [3.8, 4) is 0 Å². The number of hydrogen-bond acceptors (Lipinski definition) is 5. The Bertz CT molecular complexity index is 580. The second-order valence-corrected chi connectivity index (χ2v) is 4.40. The molecular weight excluding hydrogens is 260 g/mol. The number of fused-ring (bicyclic) bond motifs is 1. The van der Waals surface area contributed by atoms with E-state index in [1.807, 2.05) is 0 Å². The van der Waals surface area contributed by atoms with Crippen molar-refractivity contribution in [1.82, 2.24) is 4.98 Å². The molecule has 1 aromatic heterocycles. The van der Waals surface area contributed by atoms with Gasteiger partial charge in [0.1, 0.15) is 5.52 Å². The van der Waals surface area contributed by atoms with E-state index >= 15 is 0 Å². The van der Waals surface area contributed by atoms with Crippen molar-refractivity contribution in [1.29, 1.82) is 0 Å². The summed E-state index contributed by atoms with van der Waals surface area (Å²) < 4.78 is 10.8. The Morgan fingerprint density at radius 3 is 3.05 bits per heavy atom. The minimum atomic E-state index is -0.981. The topological polar surface area (TPSA) is 84.6 Å². The van der Waals surface area contributed by atoms with Gasteiger partial charge in [0.25, 0.3) is 6.01 Å². The first-order valence-corrected chi connectivity index (χ1v) is 6.66. The Morgan fingerprint density at radius 1 is 1.45 bits per heavy atom. The third kappa shape index (κ3) is 3.71. The Kier molecular flexibility index (Phi) is 4.95. The SMILES string of the molecule is CCCOCCCNc1nc2ccc(C(=O)O)cc2o1. The molecule has 1 heterocycles. The van der Waals surface area contributed by atoms with Crippen molar-refractivity contribution in [3.63, 3.8) is 0 Å². The number of rotatable bonds is 8. The molecule has 0 aliphatic carbocycles. The lowest BCUT2D eigenvalue weighted by Crippen LogP contribution is -2.06. The third-order valence-electron chi connectivity index (χ3n) is 2.73. The van der Waals surface area contributed by atoms with Crippen molar-refractivity contribution >= 4 is 23.1 Å². The van der Waals surface area contributed by atoms with Crippen LogP contribution < -0.4 is 5.32 Å². The first-order chi connectivity index (χ1) is 9.70. The smallest absolute Gasteiger partial charge is 0.335 e. The number of nitrogens with zero attached hydrogens (tertiary/aromatic N) is 1. The molecule has 0 atom stereocenters. The fraction of sp³-hybridized carbons (Fsp3) is 0.429. The van der Waals surface area contributed by atoms with E-state index in [0.717, 1.165) is 19.4 Å². The van der Waals surface area contributed by atoms with Gasteiger partial charge < -0.3 is 19.6 Å². The maximum Gasteiger partial charge on any atom is 0.335 e. The zero-order valence-corrected chi connectivity index (χ0v) is 11.4. The van der Waals surface area contributed by atoms with Gasteiger partial charge in [-0.05, 0) is 31.0 Å². The summed E-state index contributed by atoms with van der Waals surface area (Å²) in [5.74, 6) is -0.981. The number of benzene rings is 1. The van der Waals surface area contributed by atoms with E-state index in [-0.39, 0.29) is 5.56 Å². The predicted molar refractivity (Wildman–Crippen MR) is 75.2 cm³/mol. The van der Waals surface area contributed by atoms with E-state index in [9.17, 15) is 4.79 Å². The first kappa shape index (κ1) is 14.3. The van der Waals surface area contributed by atoms with Crippen LogP contribution in [0.25, 0.3) is 11.1 Å². The quantitative estimate of drug-likeness (QED) is 0.722. The lowest BCUT2D eigenvalue weighted by Gasteiger charge is -2.02. The average Bonchev–Trinajstić information content (AvgIpc) is 2.84. The van der Waals surface area contributed by atoms with Crippen LogP contribution in [0, 0.1) is 0 Å². The number of ether oxygens (including phenoxy) is 1. The molecule has 0 saturated heterocycles. The Labute approximate surface area is 116 Å². The maximum atomic E-state index is 10.9. The second kappa shape index (κ2) is 6.91. The Morgan fingerprint density at radius 2 is 2.30 bits per heavy atom. The molecule has 0 amide bonds. The number of oxazole rings is 1. The van der Waals surface area contributed by atoms with E-state index in [1.165, 1.54) is 12.1 Å². The molecule has 0 aliphatic rings. The van der Waals surface area contributed by atoms with E-state index in [2.05, 4.69) is 17.2 Å². The van der Waals surface area contributed by atoms with Crippen molar-refractivity contribution in [2.24, 2.45) is 0 Å². The van der Waals surface area contributed by atoms with Gasteiger partial charge in [0.2, 0.25) is 0 Å². The van der Waals surface area contributed by atoms with Crippen LogP contribution in [0.3, 0.4) is 0 Å². The van der Waals surface area contributed by atoms with Crippen LogP contribution in [0.15, 0.2) is 22.6 Å². The second-order valence-electron chi connectivity index (χ2n) is 4.40. The average molecular weight is 278 g/mol. The van der Waals surface area contributed by atoms with Gasteiger partial charge in [-0.2, -0.15) is 4.98 Å². The van der Waals surface area contributed by atoms with Crippen molar-refractivity contribution in [2.75, 3.05) is 25.1 Å². The molecule has 0 fully saturated rings. The van der Waals surface area contributed by atoms with Gasteiger partial charge in [-0.25, -0.2) is 4.79 Å². The summed E-state index contributed by atoms with van der Waals surface area (Å²) in [6, 6.07) is 5.02. The molecule has 0 unspecified atom stereocenters. The number of aromatic nitrogens is 1. The number of carbonyl (C=O) groups is 1. The van der Waals surface area contributed by atoms with Gasteiger partial charge in [-0.15, -0.1) is 0 Å². The van der Waals surface area contributed by atoms with Crippen LogP contribution in [-0.4, -0.2) is 35.8 Å².